The summed E-state index contributed by atoms with van der Waals surface area (Å²) < 4.78 is 29.9. The minimum absolute atomic E-state index is 0.100. The molecular formula is C18H20N2O4S. The first-order valence-electron chi connectivity index (χ1n) is 8.00. The van der Waals surface area contributed by atoms with E-state index >= 15 is 0 Å². The molecule has 25 heavy (non-hydrogen) atoms. The molecule has 0 fully saturated rings. The summed E-state index contributed by atoms with van der Waals surface area (Å²) in [5, 5.41) is 12.1. The van der Waals surface area contributed by atoms with Crippen LogP contribution in [0, 0.1) is 11.3 Å². The number of hydrogen-bond donors (Lipinski definition) is 1. The summed E-state index contributed by atoms with van der Waals surface area (Å²) in [4.78, 5) is 12.3. The number of nitriles is 1. The van der Waals surface area contributed by atoms with E-state index in [1.807, 2.05) is 31.2 Å². The molecule has 0 unspecified atom stereocenters. The van der Waals surface area contributed by atoms with Crippen LogP contribution in [0.25, 0.3) is 17.0 Å². The van der Waals surface area contributed by atoms with E-state index in [9.17, 15) is 13.2 Å². The van der Waals surface area contributed by atoms with Gasteiger partial charge >= 0.3 is 0 Å². The highest BCUT2D eigenvalue weighted by atomic mass is 32.2. The molecule has 0 aliphatic heterocycles. The van der Waals surface area contributed by atoms with E-state index in [0.717, 1.165) is 11.8 Å². The second-order valence-corrected chi connectivity index (χ2v) is 7.80. The van der Waals surface area contributed by atoms with E-state index in [2.05, 4.69) is 5.32 Å². The van der Waals surface area contributed by atoms with Gasteiger partial charge in [0.05, 0.1) is 17.6 Å². The molecule has 0 spiro atoms. The number of fused-ring (bicyclic) bond motifs is 1. The van der Waals surface area contributed by atoms with Gasteiger partial charge in [-0.05, 0) is 24.6 Å². The number of nitrogens with one attached hydrogen (secondary N) is 1. The minimum Gasteiger partial charge on any atom is -0.457 e. The van der Waals surface area contributed by atoms with Crippen molar-refractivity contribution in [2.75, 3.05) is 18.1 Å². The first-order valence-corrected chi connectivity index (χ1v) is 9.82. The van der Waals surface area contributed by atoms with Gasteiger partial charge in [0.15, 0.2) is 9.84 Å². The number of benzene rings is 1. The molecule has 0 atom stereocenters. The molecule has 0 radical (unpaired) electrons. The van der Waals surface area contributed by atoms with E-state index in [4.69, 9.17) is 9.68 Å². The number of carbonyl (C=O) groups is 1. The number of carbonyl (C=O) groups excluding carboxylic acids is 1. The Morgan fingerprint density at radius 1 is 1.36 bits per heavy atom. The largest absolute Gasteiger partial charge is 0.457 e. The third kappa shape index (κ3) is 5.47. The minimum atomic E-state index is -3.56. The van der Waals surface area contributed by atoms with E-state index in [-0.39, 0.29) is 17.7 Å². The highest BCUT2D eigenvalue weighted by Crippen LogP contribution is 2.21. The molecule has 1 N–H and O–H groups in total. The first-order chi connectivity index (χ1) is 11.9. The van der Waals surface area contributed by atoms with Crippen LogP contribution < -0.4 is 5.32 Å². The number of amides is 1. The monoisotopic (exact) mass is 360 g/mol. The fourth-order valence-electron chi connectivity index (χ4n) is 2.28. The van der Waals surface area contributed by atoms with E-state index in [1.54, 1.807) is 12.1 Å². The lowest BCUT2D eigenvalue weighted by Gasteiger charge is -2.08. The molecule has 1 amide bonds. The first kappa shape index (κ1) is 18.7. The van der Waals surface area contributed by atoms with Crippen LogP contribution in [-0.2, 0) is 14.6 Å². The summed E-state index contributed by atoms with van der Waals surface area (Å²) >= 11 is 0. The Kier molecular flexibility index (Phi) is 6.37. The van der Waals surface area contributed by atoms with Crippen molar-refractivity contribution >= 4 is 32.8 Å². The van der Waals surface area contributed by atoms with Crippen molar-refractivity contribution < 1.29 is 17.6 Å². The lowest BCUT2D eigenvalue weighted by molar-refractivity contribution is -0.117. The van der Waals surface area contributed by atoms with Gasteiger partial charge in [-0.1, -0.05) is 25.1 Å². The average Bonchev–Trinajstić information content (AvgIpc) is 2.99. The molecule has 2 rings (SSSR count). The molecule has 7 heteroatoms. The van der Waals surface area contributed by atoms with E-state index in [0.29, 0.717) is 17.9 Å². The second kappa shape index (κ2) is 8.49. The number of para-hydroxylation sites is 1. The lowest BCUT2D eigenvalue weighted by atomic mass is 10.2. The van der Waals surface area contributed by atoms with Gasteiger partial charge in [-0.2, -0.15) is 5.26 Å². The SMILES string of the molecule is CCCNC(=O)/C(=C/c1cc2ccccc2o1)CS(=O)(=O)CCC#N. The van der Waals surface area contributed by atoms with Crippen molar-refractivity contribution in [1.82, 2.24) is 5.32 Å². The molecule has 0 saturated heterocycles. The maximum atomic E-state index is 12.3. The van der Waals surface area contributed by atoms with E-state index < -0.39 is 21.5 Å². The molecule has 1 heterocycles. The molecule has 0 aliphatic carbocycles. The fourth-order valence-corrected chi connectivity index (χ4v) is 3.52. The van der Waals surface area contributed by atoms with Crippen LogP contribution in [0.15, 0.2) is 40.3 Å². The van der Waals surface area contributed by atoms with Crippen molar-refractivity contribution in [3.63, 3.8) is 0 Å². The van der Waals surface area contributed by atoms with Gasteiger partial charge in [0, 0.05) is 23.9 Å². The molecule has 0 bridgehead atoms. The number of rotatable bonds is 8. The van der Waals surface area contributed by atoms with Crippen LogP contribution in [0.2, 0.25) is 0 Å². The zero-order valence-corrected chi connectivity index (χ0v) is 14.8. The molecule has 1 aromatic heterocycles. The Labute approximate surface area is 147 Å². The summed E-state index contributed by atoms with van der Waals surface area (Å²) in [5.74, 6) is -0.732. The molecule has 2 aromatic rings. The molecule has 0 saturated carbocycles. The summed E-state index contributed by atoms with van der Waals surface area (Å²) in [6, 6.07) is 10.9. The van der Waals surface area contributed by atoms with Gasteiger partial charge in [-0.3, -0.25) is 4.79 Å². The molecule has 6 nitrogen and oxygen atoms in total. The number of nitrogens with zero attached hydrogens (tertiary/aromatic N) is 1. The van der Waals surface area contributed by atoms with Gasteiger partial charge in [-0.25, -0.2) is 8.42 Å². The topological polar surface area (TPSA) is 100 Å². The fraction of sp³-hybridized carbons (Fsp3) is 0.333. The maximum absolute atomic E-state index is 12.3. The van der Waals surface area contributed by atoms with E-state index in [1.165, 1.54) is 6.08 Å². The van der Waals surface area contributed by atoms with Crippen LogP contribution in [0.5, 0.6) is 0 Å². The normalized spacial score (nSPS) is 12.1. The van der Waals surface area contributed by atoms with Crippen LogP contribution >= 0.6 is 0 Å². The third-order valence-electron chi connectivity index (χ3n) is 3.49. The van der Waals surface area contributed by atoms with Gasteiger partial charge in [-0.15, -0.1) is 0 Å². The zero-order valence-electron chi connectivity index (χ0n) is 14.0. The summed E-state index contributed by atoms with van der Waals surface area (Å²) in [7, 11) is -3.56. The van der Waals surface area contributed by atoms with Gasteiger partial charge < -0.3 is 9.73 Å². The lowest BCUT2D eigenvalue weighted by Crippen LogP contribution is -2.29. The standard InChI is InChI=1S/C18H20N2O4S/c1-2-9-20-18(21)15(13-25(22,23)10-5-8-19)12-16-11-14-6-3-4-7-17(14)24-16/h3-4,6-7,11-12H,2,5,9-10,13H2,1H3,(H,20,21)/b15-12+. The number of hydrogen-bond acceptors (Lipinski definition) is 5. The Balaban J connectivity index is 2.32. The summed E-state index contributed by atoms with van der Waals surface area (Å²) in [5.41, 5.74) is 0.764. The van der Waals surface area contributed by atoms with Crippen LogP contribution in [0.1, 0.15) is 25.5 Å². The molecule has 132 valence electrons. The number of furan rings is 1. The Hall–Kier alpha value is -2.59. The van der Waals surface area contributed by atoms with Gasteiger partial charge in [0.25, 0.3) is 0 Å². The highest BCUT2D eigenvalue weighted by Gasteiger charge is 2.19. The smallest absolute Gasteiger partial charge is 0.248 e. The summed E-state index contributed by atoms with van der Waals surface area (Å²) in [6.07, 6.45) is 2.09. The Morgan fingerprint density at radius 2 is 2.12 bits per heavy atom. The van der Waals surface area contributed by atoms with Crippen molar-refractivity contribution in [2.45, 2.75) is 19.8 Å². The number of sulfone groups is 1. The second-order valence-electron chi connectivity index (χ2n) is 5.61. The Morgan fingerprint density at radius 3 is 2.80 bits per heavy atom. The van der Waals surface area contributed by atoms with Crippen LogP contribution in [-0.4, -0.2) is 32.4 Å². The predicted octanol–water partition coefficient (Wildman–Crippen LogP) is 2.67. The summed E-state index contributed by atoms with van der Waals surface area (Å²) in [6.45, 7) is 2.36. The molecular weight excluding hydrogens is 340 g/mol. The third-order valence-corrected chi connectivity index (χ3v) is 5.07. The van der Waals surface area contributed by atoms with Gasteiger partial charge in [0.1, 0.15) is 11.3 Å². The van der Waals surface area contributed by atoms with Gasteiger partial charge in [0.2, 0.25) is 5.91 Å². The maximum Gasteiger partial charge on any atom is 0.248 e. The van der Waals surface area contributed by atoms with Crippen LogP contribution in [0.4, 0.5) is 0 Å². The van der Waals surface area contributed by atoms with Crippen molar-refractivity contribution in [3.05, 3.63) is 41.7 Å². The quantitative estimate of drug-likeness (QED) is 0.730. The van der Waals surface area contributed by atoms with Crippen molar-refractivity contribution in [1.29, 1.82) is 5.26 Å². The molecule has 1 aromatic carbocycles. The average molecular weight is 360 g/mol. The molecule has 0 aliphatic rings. The predicted molar refractivity (Wildman–Crippen MR) is 96.4 cm³/mol. The zero-order chi connectivity index (χ0) is 18.3. The highest BCUT2D eigenvalue weighted by molar-refractivity contribution is 7.91. The van der Waals surface area contributed by atoms with Crippen molar-refractivity contribution in [2.24, 2.45) is 0 Å². The van der Waals surface area contributed by atoms with Crippen LogP contribution in [0.3, 0.4) is 0 Å². The Bertz CT molecular complexity index is 887. The van der Waals surface area contributed by atoms with Crippen molar-refractivity contribution in [3.8, 4) is 6.07 Å².